The summed E-state index contributed by atoms with van der Waals surface area (Å²) in [6, 6.07) is 13.4. The van der Waals surface area contributed by atoms with Crippen molar-refractivity contribution in [3.63, 3.8) is 0 Å². The summed E-state index contributed by atoms with van der Waals surface area (Å²) in [4.78, 5) is 1.37. The van der Waals surface area contributed by atoms with Crippen molar-refractivity contribution in [2.24, 2.45) is 0 Å². The summed E-state index contributed by atoms with van der Waals surface area (Å²) >= 11 is 1.81. The van der Waals surface area contributed by atoms with Crippen LogP contribution in [0.3, 0.4) is 0 Å². The first-order chi connectivity index (χ1) is 10.5. The van der Waals surface area contributed by atoms with E-state index >= 15 is 0 Å². The standard InChI is InChI=1S/C20H22NS/c1-13-9-14(2)11-18(10-13)19-8-6-7-15(3)20(19)21-12-22-17(5)16(21)4/h6-12H,1-5H3/q+1. The number of rotatable bonds is 2. The maximum atomic E-state index is 2.34. The predicted octanol–water partition coefficient (Wildman–Crippen LogP) is 5.23. The topological polar surface area (TPSA) is 3.88 Å². The van der Waals surface area contributed by atoms with Gasteiger partial charge in [-0.05, 0) is 39.3 Å². The summed E-state index contributed by atoms with van der Waals surface area (Å²) in [6.07, 6.45) is 0. The number of hydrogen-bond acceptors (Lipinski definition) is 1. The molecule has 3 aromatic rings. The Hall–Kier alpha value is -1.93. The van der Waals surface area contributed by atoms with Crippen LogP contribution in [0.2, 0.25) is 0 Å². The molecule has 22 heavy (non-hydrogen) atoms. The van der Waals surface area contributed by atoms with Gasteiger partial charge in [0.05, 0.1) is 10.4 Å². The maximum absolute atomic E-state index is 2.34. The molecule has 0 N–H and O–H groups in total. The second-order valence-electron chi connectivity index (χ2n) is 6.08. The van der Waals surface area contributed by atoms with Crippen molar-refractivity contribution >= 4 is 11.3 Å². The number of aryl methyl sites for hydroxylation is 4. The minimum atomic E-state index is 1.30. The Bertz CT molecular complexity index is 823. The number of thiazole rings is 1. The molecule has 112 valence electrons. The molecule has 0 saturated carbocycles. The summed E-state index contributed by atoms with van der Waals surface area (Å²) in [7, 11) is 0. The summed E-state index contributed by atoms with van der Waals surface area (Å²) in [5, 5.41) is 0. The summed E-state index contributed by atoms with van der Waals surface area (Å²) in [6.45, 7) is 10.9. The van der Waals surface area contributed by atoms with Gasteiger partial charge in [-0.2, -0.15) is 4.57 Å². The van der Waals surface area contributed by atoms with E-state index in [1.807, 2.05) is 11.3 Å². The Morgan fingerprint density at radius 1 is 0.864 bits per heavy atom. The molecule has 0 radical (unpaired) electrons. The molecule has 0 aliphatic heterocycles. The third-order valence-electron chi connectivity index (χ3n) is 4.22. The Balaban J connectivity index is 2.30. The van der Waals surface area contributed by atoms with Gasteiger partial charge in [0.2, 0.25) is 11.2 Å². The van der Waals surface area contributed by atoms with Crippen molar-refractivity contribution in [3.05, 3.63) is 69.2 Å². The van der Waals surface area contributed by atoms with Crippen molar-refractivity contribution in [1.29, 1.82) is 0 Å². The maximum Gasteiger partial charge on any atom is 0.231 e. The Morgan fingerprint density at radius 3 is 2.14 bits per heavy atom. The molecule has 0 aliphatic carbocycles. The second kappa shape index (κ2) is 5.69. The van der Waals surface area contributed by atoms with Gasteiger partial charge in [-0.15, -0.1) is 0 Å². The van der Waals surface area contributed by atoms with Gasteiger partial charge in [-0.1, -0.05) is 52.8 Å². The van der Waals surface area contributed by atoms with Crippen LogP contribution in [0.15, 0.2) is 41.9 Å². The van der Waals surface area contributed by atoms with E-state index in [-0.39, 0.29) is 0 Å². The summed E-state index contributed by atoms with van der Waals surface area (Å²) in [5.41, 5.74) is 11.4. The van der Waals surface area contributed by atoms with Crippen LogP contribution in [-0.4, -0.2) is 0 Å². The first kappa shape index (κ1) is 15.0. The van der Waals surface area contributed by atoms with Crippen LogP contribution in [0.4, 0.5) is 0 Å². The van der Waals surface area contributed by atoms with E-state index in [4.69, 9.17) is 0 Å². The highest BCUT2D eigenvalue weighted by Crippen LogP contribution is 2.29. The highest BCUT2D eigenvalue weighted by molar-refractivity contribution is 7.09. The monoisotopic (exact) mass is 308 g/mol. The zero-order valence-electron chi connectivity index (χ0n) is 13.9. The minimum Gasteiger partial charge on any atom is -0.153 e. The number of para-hydroxylation sites is 1. The molecular formula is C20H22NS+. The molecule has 0 saturated heterocycles. The minimum absolute atomic E-state index is 1.30. The van der Waals surface area contributed by atoms with E-state index in [0.717, 1.165) is 0 Å². The fourth-order valence-electron chi connectivity index (χ4n) is 3.03. The van der Waals surface area contributed by atoms with Crippen LogP contribution >= 0.6 is 11.3 Å². The molecule has 0 atom stereocenters. The van der Waals surface area contributed by atoms with Gasteiger partial charge in [0, 0.05) is 12.5 Å². The lowest BCUT2D eigenvalue weighted by atomic mass is 9.97. The van der Waals surface area contributed by atoms with E-state index in [9.17, 15) is 0 Å². The molecule has 0 bridgehead atoms. The highest BCUT2D eigenvalue weighted by atomic mass is 32.1. The van der Waals surface area contributed by atoms with Gasteiger partial charge in [0.1, 0.15) is 0 Å². The fourth-order valence-corrected chi connectivity index (χ4v) is 3.82. The van der Waals surface area contributed by atoms with Crippen LogP contribution in [0, 0.1) is 34.6 Å². The van der Waals surface area contributed by atoms with Gasteiger partial charge in [0.15, 0.2) is 5.69 Å². The summed E-state index contributed by atoms with van der Waals surface area (Å²) in [5.74, 6) is 0. The largest absolute Gasteiger partial charge is 0.231 e. The van der Waals surface area contributed by atoms with E-state index in [1.165, 1.54) is 44.1 Å². The molecule has 0 spiro atoms. The highest BCUT2D eigenvalue weighted by Gasteiger charge is 2.22. The zero-order valence-corrected chi connectivity index (χ0v) is 14.7. The fraction of sp³-hybridized carbons (Fsp3) is 0.250. The molecule has 1 nitrogen and oxygen atoms in total. The zero-order chi connectivity index (χ0) is 15.9. The predicted molar refractivity (Wildman–Crippen MR) is 95.0 cm³/mol. The molecule has 2 heteroatoms. The third kappa shape index (κ3) is 2.59. The van der Waals surface area contributed by atoms with E-state index in [0.29, 0.717) is 0 Å². The van der Waals surface area contributed by atoms with Crippen LogP contribution in [-0.2, 0) is 0 Å². The molecule has 0 aliphatic rings. The number of hydrogen-bond donors (Lipinski definition) is 0. The average Bonchev–Trinajstić information content (AvgIpc) is 2.78. The quantitative estimate of drug-likeness (QED) is 0.570. The second-order valence-corrected chi connectivity index (χ2v) is 7.14. The molecule has 2 aromatic carbocycles. The third-order valence-corrected chi connectivity index (χ3v) is 5.18. The molecule has 3 rings (SSSR count). The van der Waals surface area contributed by atoms with Crippen LogP contribution < -0.4 is 4.57 Å². The smallest absolute Gasteiger partial charge is 0.153 e. The van der Waals surface area contributed by atoms with Gasteiger partial charge in [-0.25, -0.2) is 0 Å². The van der Waals surface area contributed by atoms with Gasteiger partial charge < -0.3 is 0 Å². The van der Waals surface area contributed by atoms with E-state index in [2.05, 4.69) is 81.1 Å². The SMILES string of the molecule is Cc1cc(C)cc(-c2cccc(C)c2-[n+]2csc(C)c2C)c1. The first-order valence-corrected chi connectivity index (χ1v) is 8.50. The lowest BCUT2D eigenvalue weighted by Gasteiger charge is -2.09. The lowest BCUT2D eigenvalue weighted by molar-refractivity contribution is -0.597. The van der Waals surface area contributed by atoms with Crippen molar-refractivity contribution < 1.29 is 4.57 Å². The van der Waals surface area contributed by atoms with E-state index in [1.54, 1.807) is 0 Å². The molecular weight excluding hydrogens is 286 g/mol. The Kier molecular flexibility index (Phi) is 3.88. The Morgan fingerprint density at radius 2 is 1.55 bits per heavy atom. The van der Waals surface area contributed by atoms with Gasteiger partial charge in [-0.3, -0.25) is 0 Å². The van der Waals surface area contributed by atoms with Crippen LogP contribution in [0.25, 0.3) is 16.8 Å². The Labute approximate surface area is 136 Å². The van der Waals surface area contributed by atoms with Gasteiger partial charge >= 0.3 is 0 Å². The first-order valence-electron chi connectivity index (χ1n) is 7.62. The van der Waals surface area contributed by atoms with Crippen molar-refractivity contribution in [1.82, 2.24) is 0 Å². The van der Waals surface area contributed by atoms with Crippen molar-refractivity contribution in [3.8, 4) is 16.8 Å². The summed E-state index contributed by atoms with van der Waals surface area (Å²) < 4.78 is 2.34. The molecule has 1 aromatic heterocycles. The number of benzene rings is 2. The molecule has 1 heterocycles. The van der Waals surface area contributed by atoms with Crippen LogP contribution in [0.5, 0.6) is 0 Å². The average molecular weight is 308 g/mol. The lowest BCUT2D eigenvalue weighted by Crippen LogP contribution is -2.33. The van der Waals surface area contributed by atoms with Gasteiger partial charge in [0.25, 0.3) is 0 Å². The van der Waals surface area contributed by atoms with Crippen molar-refractivity contribution in [2.75, 3.05) is 0 Å². The van der Waals surface area contributed by atoms with Crippen molar-refractivity contribution in [2.45, 2.75) is 34.6 Å². The molecule has 0 amide bonds. The number of aromatic nitrogens is 1. The normalized spacial score (nSPS) is 11.0. The molecule has 0 unspecified atom stereocenters. The molecule has 0 fully saturated rings. The van der Waals surface area contributed by atoms with E-state index < -0.39 is 0 Å². The van der Waals surface area contributed by atoms with Crippen LogP contribution in [0.1, 0.15) is 27.3 Å². The number of nitrogens with zero attached hydrogens (tertiary/aromatic N) is 1.